The molecule has 0 saturated carbocycles. The number of aromatic nitrogens is 3. The summed E-state index contributed by atoms with van der Waals surface area (Å²) in [6.07, 6.45) is 1.43. The normalized spacial score (nSPS) is 19.7. The Morgan fingerprint density at radius 1 is 1.07 bits per heavy atom. The van der Waals surface area contributed by atoms with Gasteiger partial charge in [-0.15, -0.1) is 0 Å². The second-order valence-corrected chi connectivity index (χ2v) is 7.04. The van der Waals surface area contributed by atoms with Gasteiger partial charge in [-0.05, 0) is 38.1 Å². The van der Waals surface area contributed by atoms with E-state index < -0.39 is 5.91 Å². The molecule has 8 nitrogen and oxygen atoms in total. The number of carbonyl (C=O) groups is 2. The molecular weight excluding hydrogens is 358 g/mol. The van der Waals surface area contributed by atoms with Crippen molar-refractivity contribution in [3.05, 3.63) is 53.9 Å². The quantitative estimate of drug-likeness (QED) is 0.747. The Morgan fingerprint density at radius 3 is 2.39 bits per heavy atom. The van der Waals surface area contributed by atoms with Crippen molar-refractivity contribution in [2.75, 3.05) is 13.1 Å². The van der Waals surface area contributed by atoms with E-state index in [0.29, 0.717) is 29.9 Å². The molecule has 1 aromatic carbocycles. The van der Waals surface area contributed by atoms with Crippen LogP contribution in [0.25, 0.3) is 16.9 Å². The van der Waals surface area contributed by atoms with Crippen molar-refractivity contribution in [1.29, 1.82) is 0 Å². The topological polar surface area (TPSA) is 103 Å². The molecule has 2 amide bonds. The van der Waals surface area contributed by atoms with Crippen LogP contribution >= 0.6 is 0 Å². The number of rotatable bonds is 3. The summed E-state index contributed by atoms with van der Waals surface area (Å²) in [7, 11) is 0. The van der Waals surface area contributed by atoms with E-state index in [1.807, 2.05) is 30.9 Å². The van der Waals surface area contributed by atoms with Crippen LogP contribution in [-0.2, 0) is 4.74 Å². The predicted octanol–water partition coefficient (Wildman–Crippen LogP) is 1.74. The van der Waals surface area contributed by atoms with E-state index >= 15 is 0 Å². The van der Waals surface area contributed by atoms with Gasteiger partial charge in [0, 0.05) is 24.2 Å². The number of nitrogens with two attached hydrogens (primary N) is 1. The number of hydrogen-bond acceptors (Lipinski definition) is 5. The number of amides is 2. The zero-order chi connectivity index (χ0) is 19.8. The summed E-state index contributed by atoms with van der Waals surface area (Å²) in [6, 6.07) is 10.7. The third kappa shape index (κ3) is 3.22. The highest BCUT2D eigenvalue weighted by molar-refractivity contribution is 5.99. The van der Waals surface area contributed by atoms with E-state index in [-0.39, 0.29) is 18.1 Å². The van der Waals surface area contributed by atoms with Gasteiger partial charge in [-0.3, -0.25) is 9.59 Å². The van der Waals surface area contributed by atoms with Gasteiger partial charge in [-0.1, -0.05) is 12.1 Å². The first-order valence-electron chi connectivity index (χ1n) is 9.11. The number of nitrogens with zero attached hydrogens (tertiary/aromatic N) is 4. The molecule has 0 spiro atoms. The molecule has 1 saturated heterocycles. The number of carbonyl (C=O) groups excluding carboxylic acids is 2. The summed E-state index contributed by atoms with van der Waals surface area (Å²) in [6.45, 7) is 5.11. The summed E-state index contributed by atoms with van der Waals surface area (Å²) < 4.78 is 7.27. The van der Waals surface area contributed by atoms with E-state index in [4.69, 9.17) is 10.5 Å². The molecule has 2 N–H and O–H groups in total. The molecular formula is C20H21N5O3. The monoisotopic (exact) mass is 379 g/mol. The summed E-state index contributed by atoms with van der Waals surface area (Å²) in [5, 5.41) is 4.19. The first kappa shape index (κ1) is 18.1. The lowest BCUT2D eigenvalue weighted by Crippen LogP contribution is -2.48. The SMILES string of the molecule is CC1CN(C(=O)c2ccc(-c3ccc(C(N)=O)c4ncnn34)cc2)CC(C)O1. The van der Waals surface area contributed by atoms with Crippen LogP contribution in [0.2, 0.25) is 0 Å². The lowest BCUT2D eigenvalue weighted by Gasteiger charge is -2.35. The third-order valence-electron chi connectivity index (χ3n) is 4.82. The Kier molecular flexibility index (Phi) is 4.56. The molecule has 2 aromatic heterocycles. The molecule has 28 heavy (non-hydrogen) atoms. The highest BCUT2D eigenvalue weighted by atomic mass is 16.5. The number of ether oxygens (including phenoxy) is 1. The number of benzene rings is 1. The highest BCUT2D eigenvalue weighted by Gasteiger charge is 2.26. The van der Waals surface area contributed by atoms with Crippen molar-refractivity contribution in [2.45, 2.75) is 26.1 Å². The Hall–Kier alpha value is -3.26. The summed E-state index contributed by atoms with van der Waals surface area (Å²) >= 11 is 0. The van der Waals surface area contributed by atoms with Gasteiger partial charge in [0.25, 0.3) is 11.8 Å². The number of morpholine rings is 1. The predicted molar refractivity (Wildman–Crippen MR) is 103 cm³/mol. The minimum atomic E-state index is -0.556. The van der Waals surface area contributed by atoms with Gasteiger partial charge in [0.15, 0.2) is 5.65 Å². The van der Waals surface area contributed by atoms with Crippen molar-refractivity contribution in [1.82, 2.24) is 19.5 Å². The van der Waals surface area contributed by atoms with E-state index in [0.717, 1.165) is 11.3 Å². The van der Waals surface area contributed by atoms with Gasteiger partial charge in [-0.25, -0.2) is 9.50 Å². The molecule has 0 bridgehead atoms. The fraction of sp³-hybridized carbons (Fsp3) is 0.300. The van der Waals surface area contributed by atoms with Crippen LogP contribution in [0.4, 0.5) is 0 Å². The smallest absolute Gasteiger partial charge is 0.254 e. The van der Waals surface area contributed by atoms with Gasteiger partial charge >= 0.3 is 0 Å². The lowest BCUT2D eigenvalue weighted by molar-refractivity contribution is -0.0586. The molecule has 0 radical (unpaired) electrons. The zero-order valence-electron chi connectivity index (χ0n) is 15.7. The van der Waals surface area contributed by atoms with Crippen molar-refractivity contribution in [2.24, 2.45) is 5.73 Å². The van der Waals surface area contributed by atoms with E-state index in [9.17, 15) is 9.59 Å². The highest BCUT2D eigenvalue weighted by Crippen LogP contribution is 2.23. The molecule has 0 aliphatic carbocycles. The van der Waals surface area contributed by atoms with Gasteiger partial charge in [-0.2, -0.15) is 5.10 Å². The first-order valence-corrected chi connectivity index (χ1v) is 9.11. The van der Waals surface area contributed by atoms with Crippen LogP contribution in [-0.4, -0.2) is 56.6 Å². The van der Waals surface area contributed by atoms with Crippen LogP contribution in [0, 0.1) is 0 Å². The number of primary amides is 1. The van der Waals surface area contributed by atoms with E-state index in [1.54, 1.807) is 28.8 Å². The maximum atomic E-state index is 12.8. The van der Waals surface area contributed by atoms with Crippen LogP contribution in [0.1, 0.15) is 34.6 Å². The average Bonchev–Trinajstić information content (AvgIpc) is 3.15. The average molecular weight is 379 g/mol. The Labute approximate surface area is 161 Å². The Bertz CT molecular complexity index is 1030. The molecule has 4 rings (SSSR count). The third-order valence-corrected chi connectivity index (χ3v) is 4.82. The van der Waals surface area contributed by atoms with Crippen molar-refractivity contribution < 1.29 is 14.3 Å². The molecule has 1 aliphatic heterocycles. The molecule has 3 aromatic rings. The number of hydrogen-bond donors (Lipinski definition) is 1. The fourth-order valence-corrected chi connectivity index (χ4v) is 3.63. The maximum Gasteiger partial charge on any atom is 0.254 e. The van der Waals surface area contributed by atoms with Gasteiger partial charge < -0.3 is 15.4 Å². The van der Waals surface area contributed by atoms with E-state index in [2.05, 4.69) is 10.1 Å². The standard InChI is InChI=1S/C20H21N5O3/c1-12-9-24(10-13(2)28-12)20(27)15-5-3-14(4-6-15)17-8-7-16(18(21)26)19-22-11-23-25(17)19/h3-8,11-13H,9-10H2,1-2H3,(H2,21,26). The largest absolute Gasteiger partial charge is 0.372 e. The molecule has 1 aliphatic rings. The van der Waals surface area contributed by atoms with Gasteiger partial charge in [0.2, 0.25) is 0 Å². The van der Waals surface area contributed by atoms with Crippen molar-refractivity contribution in [3.63, 3.8) is 0 Å². The Balaban J connectivity index is 1.63. The zero-order valence-corrected chi connectivity index (χ0v) is 15.7. The second kappa shape index (κ2) is 7.05. The first-order chi connectivity index (χ1) is 13.4. The molecule has 8 heteroatoms. The summed E-state index contributed by atoms with van der Waals surface area (Å²) in [4.78, 5) is 30.3. The van der Waals surface area contributed by atoms with Gasteiger partial charge in [0.05, 0.1) is 23.5 Å². The van der Waals surface area contributed by atoms with Crippen molar-refractivity contribution in [3.8, 4) is 11.3 Å². The molecule has 2 unspecified atom stereocenters. The maximum absolute atomic E-state index is 12.8. The number of pyridine rings is 1. The molecule has 2 atom stereocenters. The minimum absolute atomic E-state index is 0.0106. The number of fused-ring (bicyclic) bond motifs is 1. The van der Waals surface area contributed by atoms with Crippen LogP contribution in [0.3, 0.4) is 0 Å². The minimum Gasteiger partial charge on any atom is -0.372 e. The van der Waals surface area contributed by atoms with Crippen LogP contribution in [0.5, 0.6) is 0 Å². The van der Waals surface area contributed by atoms with Crippen LogP contribution < -0.4 is 5.73 Å². The molecule has 144 valence electrons. The lowest BCUT2D eigenvalue weighted by atomic mass is 10.1. The summed E-state index contributed by atoms with van der Waals surface area (Å²) in [5.41, 5.74) is 8.34. The molecule has 1 fully saturated rings. The summed E-state index contributed by atoms with van der Waals surface area (Å²) in [5.74, 6) is -0.567. The molecule has 3 heterocycles. The van der Waals surface area contributed by atoms with Gasteiger partial charge in [0.1, 0.15) is 6.33 Å². The van der Waals surface area contributed by atoms with Crippen LogP contribution in [0.15, 0.2) is 42.7 Å². The van der Waals surface area contributed by atoms with Crippen molar-refractivity contribution >= 4 is 17.5 Å². The second-order valence-electron chi connectivity index (χ2n) is 7.04. The Morgan fingerprint density at radius 2 is 1.75 bits per heavy atom. The fourth-order valence-electron chi connectivity index (χ4n) is 3.63. The van der Waals surface area contributed by atoms with E-state index in [1.165, 1.54) is 6.33 Å².